The highest BCUT2D eigenvalue weighted by atomic mass is 16.7. The van der Waals surface area contributed by atoms with E-state index in [0.29, 0.717) is 52.0 Å². The third-order valence-electron chi connectivity index (χ3n) is 5.69. The standard InChI is InChI=1S/C24H19N5O4/c1-14-25-24-26-17-10-11-28(12-15-6-5-9-19-22(15)33-13-32-19)23(30)20(17)21(29(24)27-14)16-7-3-4-8-18(16)31-2/h3-11H,12-13H2,1-2H3. The van der Waals surface area contributed by atoms with Crippen molar-refractivity contribution in [1.82, 2.24) is 24.1 Å². The number of para-hydroxylation sites is 2. The molecule has 33 heavy (non-hydrogen) atoms. The molecule has 9 heteroatoms. The highest BCUT2D eigenvalue weighted by molar-refractivity contribution is 5.94. The molecule has 0 amide bonds. The molecular weight excluding hydrogens is 422 g/mol. The molecule has 3 aromatic heterocycles. The van der Waals surface area contributed by atoms with Crippen molar-refractivity contribution in [3.8, 4) is 28.5 Å². The van der Waals surface area contributed by atoms with Crippen molar-refractivity contribution >= 4 is 16.7 Å². The average Bonchev–Trinajstić information content (AvgIpc) is 3.45. The summed E-state index contributed by atoms with van der Waals surface area (Å²) in [5, 5.41) is 4.95. The Labute approximate surface area is 187 Å². The van der Waals surface area contributed by atoms with Crippen molar-refractivity contribution in [2.24, 2.45) is 0 Å². The van der Waals surface area contributed by atoms with Crippen LogP contribution < -0.4 is 19.8 Å². The smallest absolute Gasteiger partial charge is 0.262 e. The monoisotopic (exact) mass is 441 g/mol. The summed E-state index contributed by atoms with van der Waals surface area (Å²) in [5.41, 5.74) is 2.51. The predicted octanol–water partition coefficient (Wildman–Crippen LogP) is 3.20. The lowest BCUT2D eigenvalue weighted by atomic mass is 10.1. The first kappa shape index (κ1) is 19.3. The van der Waals surface area contributed by atoms with E-state index in [1.807, 2.05) is 48.5 Å². The summed E-state index contributed by atoms with van der Waals surface area (Å²) in [5.74, 6) is 2.95. The first-order valence-electron chi connectivity index (χ1n) is 10.4. The first-order valence-corrected chi connectivity index (χ1v) is 10.4. The largest absolute Gasteiger partial charge is 0.496 e. The number of benzene rings is 2. The predicted molar refractivity (Wildman–Crippen MR) is 121 cm³/mol. The number of ether oxygens (including phenoxy) is 3. The molecule has 1 aliphatic rings. The molecule has 0 saturated heterocycles. The van der Waals surface area contributed by atoms with Crippen LogP contribution in [0.4, 0.5) is 0 Å². The third-order valence-corrected chi connectivity index (χ3v) is 5.69. The van der Waals surface area contributed by atoms with Gasteiger partial charge in [0, 0.05) is 17.3 Å². The zero-order valence-corrected chi connectivity index (χ0v) is 18.0. The molecule has 0 unspecified atom stereocenters. The summed E-state index contributed by atoms with van der Waals surface area (Å²) < 4.78 is 19.9. The Morgan fingerprint density at radius 1 is 1.06 bits per heavy atom. The van der Waals surface area contributed by atoms with E-state index in [9.17, 15) is 4.79 Å². The summed E-state index contributed by atoms with van der Waals surface area (Å²) >= 11 is 0. The van der Waals surface area contributed by atoms with Crippen LogP contribution in [0.5, 0.6) is 17.2 Å². The molecule has 0 spiro atoms. The number of pyridine rings is 1. The van der Waals surface area contributed by atoms with Crippen molar-refractivity contribution in [3.05, 3.63) is 76.5 Å². The summed E-state index contributed by atoms with van der Waals surface area (Å²) in [4.78, 5) is 22.8. The molecule has 0 fully saturated rings. The van der Waals surface area contributed by atoms with Gasteiger partial charge < -0.3 is 18.8 Å². The maximum Gasteiger partial charge on any atom is 0.262 e. The minimum atomic E-state index is -0.201. The Morgan fingerprint density at radius 3 is 2.82 bits per heavy atom. The zero-order chi connectivity index (χ0) is 22.5. The minimum Gasteiger partial charge on any atom is -0.496 e. The summed E-state index contributed by atoms with van der Waals surface area (Å²) in [6.07, 6.45) is 1.73. The number of nitrogens with zero attached hydrogens (tertiary/aromatic N) is 5. The van der Waals surface area contributed by atoms with Gasteiger partial charge in [-0.15, -0.1) is 5.10 Å². The molecule has 0 atom stereocenters. The van der Waals surface area contributed by atoms with Gasteiger partial charge in [0.05, 0.1) is 30.3 Å². The van der Waals surface area contributed by atoms with E-state index in [4.69, 9.17) is 14.2 Å². The van der Waals surface area contributed by atoms with Crippen LogP contribution in [0.2, 0.25) is 0 Å². The minimum absolute atomic E-state index is 0.171. The van der Waals surface area contributed by atoms with Gasteiger partial charge in [0.25, 0.3) is 11.3 Å². The first-order chi connectivity index (χ1) is 16.1. The summed E-state index contributed by atoms with van der Waals surface area (Å²) in [7, 11) is 1.60. The molecule has 0 bridgehead atoms. The van der Waals surface area contributed by atoms with Crippen LogP contribution in [-0.4, -0.2) is 38.1 Å². The fourth-order valence-electron chi connectivity index (χ4n) is 4.23. The molecular formula is C24H19N5O4. The van der Waals surface area contributed by atoms with Crippen molar-refractivity contribution in [1.29, 1.82) is 0 Å². The number of methoxy groups -OCH3 is 1. The molecule has 0 saturated carbocycles. The molecule has 0 N–H and O–H groups in total. The Kier molecular flexibility index (Phi) is 4.29. The lowest BCUT2D eigenvalue weighted by Gasteiger charge is -2.14. The number of rotatable bonds is 4. The Balaban J connectivity index is 1.63. The van der Waals surface area contributed by atoms with Crippen molar-refractivity contribution in [3.63, 3.8) is 0 Å². The fraction of sp³-hybridized carbons (Fsp3) is 0.167. The van der Waals surface area contributed by atoms with Crippen LogP contribution in [0, 0.1) is 6.92 Å². The normalized spacial score (nSPS) is 12.5. The molecule has 164 valence electrons. The van der Waals surface area contributed by atoms with Crippen LogP contribution in [0.1, 0.15) is 11.4 Å². The molecule has 5 aromatic rings. The summed E-state index contributed by atoms with van der Waals surface area (Å²) in [6, 6.07) is 15.0. The molecule has 9 nitrogen and oxygen atoms in total. The van der Waals surface area contributed by atoms with Crippen LogP contribution >= 0.6 is 0 Å². The number of hydrogen-bond acceptors (Lipinski definition) is 7. The molecule has 0 aliphatic carbocycles. The quantitative estimate of drug-likeness (QED) is 0.423. The number of fused-ring (bicyclic) bond motifs is 3. The molecule has 2 aromatic carbocycles. The van der Waals surface area contributed by atoms with E-state index >= 15 is 0 Å². The van der Waals surface area contributed by atoms with Gasteiger partial charge in [0.15, 0.2) is 11.5 Å². The molecule has 6 rings (SSSR count). The van der Waals surface area contributed by atoms with Crippen molar-refractivity contribution < 1.29 is 14.2 Å². The van der Waals surface area contributed by atoms with Crippen LogP contribution in [-0.2, 0) is 6.54 Å². The highest BCUT2D eigenvalue weighted by Gasteiger charge is 2.22. The SMILES string of the molecule is COc1ccccc1-c1c2c(=O)n(Cc3cccc4c3OCO4)ccc2nc2nc(C)nn12. The Bertz CT molecular complexity index is 1600. The van der Waals surface area contributed by atoms with Crippen LogP contribution in [0.25, 0.3) is 27.9 Å². The second kappa shape index (κ2) is 7.33. The van der Waals surface area contributed by atoms with E-state index in [1.54, 1.807) is 29.3 Å². The maximum atomic E-state index is 13.8. The van der Waals surface area contributed by atoms with Crippen LogP contribution in [0.3, 0.4) is 0 Å². The second-order valence-electron chi connectivity index (χ2n) is 7.69. The Morgan fingerprint density at radius 2 is 1.94 bits per heavy atom. The zero-order valence-electron chi connectivity index (χ0n) is 18.0. The topological polar surface area (TPSA) is 92.8 Å². The molecule has 4 heterocycles. The van der Waals surface area contributed by atoms with Gasteiger partial charge in [0.1, 0.15) is 11.6 Å². The highest BCUT2D eigenvalue weighted by Crippen LogP contribution is 2.36. The van der Waals surface area contributed by atoms with Gasteiger partial charge in [-0.25, -0.2) is 4.98 Å². The van der Waals surface area contributed by atoms with Gasteiger partial charge >= 0.3 is 0 Å². The van der Waals surface area contributed by atoms with Gasteiger partial charge in [-0.2, -0.15) is 9.50 Å². The van der Waals surface area contributed by atoms with Gasteiger partial charge in [0.2, 0.25) is 6.79 Å². The van der Waals surface area contributed by atoms with E-state index in [-0.39, 0.29) is 12.4 Å². The maximum absolute atomic E-state index is 13.8. The fourth-order valence-corrected chi connectivity index (χ4v) is 4.23. The van der Waals surface area contributed by atoms with Gasteiger partial charge in [-0.05, 0) is 31.2 Å². The van der Waals surface area contributed by atoms with E-state index in [1.165, 1.54) is 0 Å². The molecule has 0 radical (unpaired) electrons. The average molecular weight is 441 g/mol. The van der Waals surface area contributed by atoms with E-state index < -0.39 is 0 Å². The summed E-state index contributed by atoms with van der Waals surface area (Å²) in [6.45, 7) is 2.28. The third kappa shape index (κ3) is 3.00. The van der Waals surface area contributed by atoms with Gasteiger partial charge in [-0.3, -0.25) is 4.79 Å². The van der Waals surface area contributed by atoms with Crippen LogP contribution in [0.15, 0.2) is 59.5 Å². The Hall–Kier alpha value is -4.40. The van der Waals surface area contributed by atoms with E-state index in [0.717, 1.165) is 11.1 Å². The lowest BCUT2D eigenvalue weighted by Crippen LogP contribution is -2.22. The number of hydrogen-bond donors (Lipinski definition) is 0. The molecule has 1 aliphatic heterocycles. The number of aromatic nitrogens is 5. The van der Waals surface area contributed by atoms with Crippen molar-refractivity contribution in [2.45, 2.75) is 13.5 Å². The van der Waals surface area contributed by atoms with E-state index in [2.05, 4.69) is 15.1 Å². The van der Waals surface area contributed by atoms with Gasteiger partial charge in [-0.1, -0.05) is 24.3 Å². The lowest BCUT2D eigenvalue weighted by molar-refractivity contribution is 0.173. The van der Waals surface area contributed by atoms with Crippen molar-refractivity contribution in [2.75, 3.05) is 13.9 Å². The number of aryl methyl sites for hydroxylation is 1. The second-order valence-corrected chi connectivity index (χ2v) is 7.69.